The standard InChI is InChI=1S/C8H9NO4S/c9-14(10,11)6-1-2-7-8(5-6)13-4-3-12-7/h1-2,5H,3-4H2,(H2,9,10,11). The molecule has 1 aliphatic heterocycles. The van der Waals surface area contributed by atoms with E-state index in [2.05, 4.69) is 0 Å². The van der Waals surface area contributed by atoms with Crippen molar-refractivity contribution in [2.45, 2.75) is 4.90 Å². The van der Waals surface area contributed by atoms with E-state index in [1.807, 2.05) is 0 Å². The van der Waals surface area contributed by atoms with Crippen LogP contribution in [0.3, 0.4) is 0 Å². The van der Waals surface area contributed by atoms with Gasteiger partial charge in [-0.2, -0.15) is 0 Å². The van der Waals surface area contributed by atoms with Crippen molar-refractivity contribution in [3.63, 3.8) is 0 Å². The van der Waals surface area contributed by atoms with Crippen LogP contribution in [-0.2, 0) is 10.0 Å². The Morgan fingerprint density at radius 1 is 1.14 bits per heavy atom. The summed E-state index contributed by atoms with van der Waals surface area (Å²) < 4.78 is 32.4. The maximum absolute atomic E-state index is 11.0. The van der Waals surface area contributed by atoms with Gasteiger partial charge in [0.1, 0.15) is 13.2 Å². The topological polar surface area (TPSA) is 78.6 Å². The number of sulfonamides is 1. The summed E-state index contributed by atoms with van der Waals surface area (Å²) in [5, 5.41) is 4.97. The van der Waals surface area contributed by atoms with Crippen LogP contribution in [0.4, 0.5) is 0 Å². The summed E-state index contributed by atoms with van der Waals surface area (Å²) in [6.07, 6.45) is 0. The highest BCUT2D eigenvalue weighted by Gasteiger charge is 2.15. The van der Waals surface area contributed by atoms with Crippen molar-refractivity contribution in [1.29, 1.82) is 0 Å². The number of hydrogen-bond donors (Lipinski definition) is 1. The van der Waals surface area contributed by atoms with Gasteiger partial charge in [-0.1, -0.05) is 0 Å². The number of rotatable bonds is 1. The molecule has 0 atom stereocenters. The van der Waals surface area contributed by atoms with Crippen LogP contribution < -0.4 is 14.6 Å². The van der Waals surface area contributed by atoms with Crippen molar-refractivity contribution in [3.05, 3.63) is 18.2 Å². The number of fused-ring (bicyclic) bond motifs is 1. The van der Waals surface area contributed by atoms with Crippen LogP contribution in [0.15, 0.2) is 23.1 Å². The second-order valence-electron chi connectivity index (χ2n) is 2.85. The molecular formula is C8H9NO4S. The predicted octanol–water partition coefficient (Wildman–Crippen LogP) is 0.105. The Balaban J connectivity index is 2.49. The van der Waals surface area contributed by atoms with Crippen molar-refractivity contribution < 1.29 is 17.9 Å². The van der Waals surface area contributed by atoms with Gasteiger partial charge in [0.05, 0.1) is 4.90 Å². The quantitative estimate of drug-likeness (QED) is 0.720. The highest BCUT2D eigenvalue weighted by molar-refractivity contribution is 7.89. The SMILES string of the molecule is NS(=O)(=O)c1ccc2c(c1)OCCO2. The van der Waals surface area contributed by atoms with E-state index >= 15 is 0 Å². The van der Waals surface area contributed by atoms with E-state index in [1.54, 1.807) is 0 Å². The predicted molar refractivity (Wildman–Crippen MR) is 48.8 cm³/mol. The molecule has 0 saturated heterocycles. The molecule has 0 fully saturated rings. The molecule has 0 bridgehead atoms. The molecule has 0 amide bonds. The molecular weight excluding hydrogens is 206 g/mol. The fourth-order valence-corrected chi connectivity index (χ4v) is 1.73. The largest absolute Gasteiger partial charge is 0.486 e. The second kappa shape index (κ2) is 3.14. The molecule has 0 aliphatic carbocycles. The van der Waals surface area contributed by atoms with Gasteiger partial charge in [-0.3, -0.25) is 0 Å². The Hall–Kier alpha value is -1.27. The molecule has 0 saturated carbocycles. The van der Waals surface area contributed by atoms with Crippen LogP contribution in [-0.4, -0.2) is 21.6 Å². The fraction of sp³-hybridized carbons (Fsp3) is 0.250. The summed E-state index contributed by atoms with van der Waals surface area (Å²) in [5.74, 6) is 0.964. The maximum Gasteiger partial charge on any atom is 0.238 e. The molecule has 0 unspecified atom stereocenters. The van der Waals surface area contributed by atoms with E-state index in [9.17, 15) is 8.42 Å². The lowest BCUT2D eigenvalue weighted by atomic mass is 10.3. The lowest BCUT2D eigenvalue weighted by Crippen LogP contribution is -2.17. The van der Waals surface area contributed by atoms with Crippen molar-refractivity contribution in [1.82, 2.24) is 0 Å². The minimum atomic E-state index is -3.67. The van der Waals surface area contributed by atoms with E-state index in [0.717, 1.165) is 0 Å². The van der Waals surface area contributed by atoms with Crippen LogP contribution in [0.1, 0.15) is 0 Å². The lowest BCUT2D eigenvalue weighted by molar-refractivity contribution is 0.171. The number of ether oxygens (including phenoxy) is 2. The molecule has 5 nitrogen and oxygen atoms in total. The Kier molecular flexibility index (Phi) is 2.09. The highest BCUT2D eigenvalue weighted by atomic mass is 32.2. The fourth-order valence-electron chi connectivity index (χ4n) is 1.20. The number of hydrogen-bond acceptors (Lipinski definition) is 4. The van der Waals surface area contributed by atoms with Gasteiger partial charge in [0, 0.05) is 6.07 Å². The summed E-state index contributed by atoms with van der Waals surface area (Å²) in [6.45, 7) is 0.892. The van der Waals surface area contributed by atoms with Gasteiger partial charge in [0.2, 0.25) is 10.0 Å². The average molecular weight is 215 g/mol. The summed E-state index contributed by atoms with van der Waals surface area (Å²) >= 11 is 0. The van der Waals surface area contributed by atoms with Gasteiger partial charge in [-0.25, -0.2) is 13.6 Å². The molecule has 2 N–H and O–H groups in total. The van der Waals surface area contributed by atoms with Gasteiger partial charge in [-0.15, -0.1) is 0 Å². The minimum absolute atomic E-state index is 0.0294. The maximum atomic E-state index is 11.0. The van der Waals surface area contributed by atoms with Crippen molar-refractivity contribution in [2.75, 3.05) is 13.2 Å². The van der Waals surface area contributed by atoms with Crippen molar-refractivity contribution in [2.24, 2.45) is 5.14 Å². The molecule has 1 aromatic rings. The van der Waals surface area contributed by atoms with Gasteiger partial charge < -0.3 is 9.47 Å². The zero-order valence-electron chi connectivity index (χ0n) is 7.26. The molecule has 76 valence electrons. The third kappa shape index (κ3) is 1.66. The molecule has 1 heterocycles. The number of nitrogens with two attached hydrogens (primary N) is 1. The van der Waals surface area contributed by atoms with E-state index in [0.29, 0.717) is 24.7 Å². The molecule has 6 heteroatoms. The first-order chi connectivity index (χ1) is 6.57. The third-order valence-electron chi connectivity index (χ3n) is 1.84. The van der Waals surface area contributed by atoms with E-state index in [-0.39, 0.29) is 4.90 Å². The van der Waals surface area contributed by atoms with Gasteiger partial charge in [0.25, 0.3) is 0 Å². The first-order valence-corrected chi connectivity index (χ1v) is 5.54. The second-order valence-corrected chi connectivity index (χ2v) is 4.41. The zero-order valence-corrected chi connectivity index (χ0v) is 8.08. The van der Waals surface area contributed by atoms with E-state index < -0.39 is 10.0 Å². The van der Waals surface area contributed by atoms with Crippen LogP contribution in [0.2, 0.25) is 0 Å². The van der Waals surface area contributed by atoms with Crippen LogP contribution in [0.25, 0.3) is 0 Å². The van der Waals surface area contributed by atoms with Crippen LogP contribution in [0, 0.1) is 0 Å². The Morgan fingerprint density at radius 2 is 1.79 bits per heavy atom. The molecule has 0 radical (unpaired) electrons. The first-order valence-electron chi connectivity index (χ1n) is 4.00. The zero-order chi connectivity index (χ0) is 10.2. The average Bonchev–Trinajstić information content (AvgIpc) is 2.16. The van der Waals surface area contributed by atoms with E-state index in [4.69, 9.17) is 14.6 Å². The van der Waals surface area contributed by atoms with Gasteiger partial charge in [0.15, 0.2) is 11.5 Å². The van der Waals surface area contributed by atoms with Crippen molar-refractivity contribution in [3.8, 4) is 11.5 Å². The Bertz CT molecular complexity index is 454. The smallest absolute Gasteiger partial charge is 0.238 e. The lowest BCUT2D eigenvalue weighted by Gasteiger charge is -2.18. The monoisotopic (exact) mass is 215 g/mol. The minimum Gasteiger partial charge on any atom is -0.486 e. The summed E-state index contributed by atoms with van der Waals surface area (Å²) in [5.41, 5.74) is 0. The summed E-state index contributed by atoms with van der Waals surface area (Å²) in [6, 6.07) is 4.29. The molecule has 1 aromatic carbocycles. The van der Waals surface area contributed by atoms with E-state index in [1.165, 1.54) is 18.2 Å². The Labute approximate surface area is 81.5 Å². The molecule has 2 rings (SSSR count). The Morgan fingerprint density at radius 3 is 2.43 bits per heavy atom. The van der Waals surface area contributed by atoms with Gasteiger partial charge >= 0.3 is 0 Å². The summed E-state index contributed by atoms with van der Waals surface area (Å²) in [7, 11) is -3.67. The summed E-state index contributed by atoms with van der Waals surface area (Å²) in [4.78, 5) is 0.0294. The first kappa shape index (κ1) is 9.29. The van der Waals surface area contributed by atoms with Crippen LogP contribution >= 0.6 is 0 Å². The third-order valence-corrected chi connectivity index (χ3v) is 2.75. The highest BCUT2D eigenvalue weighted by Crippen LogP contribution is 2.31. The molecule has 0 aromatic heterocycles. The molecule has 1 aliphatic rings. The normalized spacial score (nSPS) is 15.2. The molecule has 0 spiro atoms. The van der Waals surface area contributed by atoms with Gasteiger partial charge in [-0.05, 0) is 12.1 Å². The van der Waals surface area contributed by atoms with Crippen LogP contribution in [0.5, 0.6) is 11.5 Å². The van der Waals surface area contributed by atoms with Crippen molar-refractivity contribution >= 4 is 10.0 Å². The number of benzene rings is 1. The molecule has 14 heavy (non-hydrogen) atoms. The number of primary sulfonamides is 1.